The van der Waals surface area contributed by atoms with Crippen LogP contribution in [0.15, 0.2) is 42.5 Å². The van der Waals surface area contributed by atoms with Crippen LogP contribution in [0.3, 0.4) is 0 Å². The van der Waals surface area contributed by atoms with Crippen LogP contribution in [-0.2, 0) is 11.2 Å². The van der Waals surface area contributed by atoms with E-state index < -0.39 is 0 Å². The summed E-state index contributed by atoms with van der Waals surface area (Å²) in [5.41, 5.74) is 8.01. The summed E-state index contributed by atoms with van der Waals surface area (Å²) in [5.74, 6) is 0.286. The molecule has 0 radical (unpaired) electrons. The number of ether oxygens (including phenoxy) is 1. The van der Waals surface area contributed by atoms with Gasteiger partial charge in [-0.3, -0.25) is 4.79 Å². The molecule has 106 valence electrons. The largest absolute Gasteiger partial charge is 0.496 e. The molecule has 0 saturated carbocycles. The number of nitrogens with two attached hydrogens (primary N) is 1. The zero-order valence-corrected chi connectivity index (χ0v) is 12.3. The fourth-order valence-corrected chi connectivity index (χ4v) is 3.20. The number of amides is 1. The maximum Gasteiger partial charge on any atom is 0.221 e. The van der Waals surface area contributed by atoms with Gasteiger partial charge in [0.2, 0.25) is 5.91 Å². The molecule has 2 N–H and O–H groups in total. The van der Waals surface area contributed by atoms with E-state index in [1.54, 1.807) is 18.4 Å². The number of nitrogens with zero attached hydrogens (tertiary/aromatic N) is 1. The van der Waals surface area contributed by atoms with Crippen molar-refractivity contribution in [3.63, 3.8) is 0 Å². The van der Waals surface area contributed by atoms with Gasteiger partial charge in [-0.05, 0) is 30.3 Å². The van der Waals surface area contributed by atoms with Crippen molar-refractivity contribution >= 4 is 27.5 Å². The molecule has 0 saturated heterocycles. The number of benzene rings is 2. The molecule has 2 aromatic carbocycles. The predicted molar refractivity (Wildman–Crippen MR) is 84.5 cm³/mol. The summed E-state index contributed by atoms with van der Waals surface area (Å²) in [7, 11) is 1.58. The quantitative estimate of drug-likeness (QED) is 0.805. The molecule has 0 bridgehead atoms. The maximum atomic E-state index is 11.2. The lowest BCUT2D eigenvalue weighted by molar-refractivity contribution is -0.117. The molecule has 3 rings (SSSR count). The Bertz CT molecular complexity index is 778. The Morgan fingerprint density at radius 1 is 1.29 bits per heavy atom. The van der Waals surface area contributed by atoms with Gasteiger partial charge in [0, 0.05) is 11.1 Å². The highest BCUT2D eigenvalue weighted by molar-refractivity contribution is 7.21. The van der Waals surface area contributed by atoms with Crippen molar-refractivity contribution in [3.05, 3.63) is 48.0 Å². The number of hydrogen-bond acceptors (Lipinski definition) is 4. The summed E-state index contributed by atoms with van der Waals surface area (Å²) in [4.78, 5) is 15.8. The van der Waals surface area contributed by atoms with Gasteiger partial charge < -0.3 is 10.5 Å². The SMILES string of the molecule is COc1ccc(-c2nc3ccccc3s2)cc1CC(N)=O. The Hall–Kier alpha value is -2.40. The molecule has 0 atom stereocenters. The molecule has 0 aliphatic heterocycles. The van der Waals surface area contributed by atoms with E-state index in [1.165, 1.54) is 0 Å². The first-order chi connectivity index (χ1) is 10.2. The minimum atomic E-state index is -0.380. The van der Waals surface area contributed by atoms with E-state index in [1.807, 2.05) is 42.5 Å². The number of thiazole rings is 1. The van der Waals surface area contributed by atoms with Crippen LogP contribution in [0.25, 0.3) is 20.8 Å². The topological polar surface area (TPSA) is 65.2 Å². The van der Waals surface area contributed by atoms with Gasteiger partial charge in [-0.15, -0.1) is 11.3 Å². The molecule has 0 unspecified atom stereocenters. The maximum absolute atomic E-state index is 11.2. The summed E-state index contributed by atoms with van der Waals surface area (Å²) < 4.78 is 6.41. The number of carbonyl (C=O) groups excluding carboxylic acids is 1. The molecular formula is C16H14N2O2S. The number of methoxy groups -OCH3 is 1. The van der Waals surface area contributed by atoms with Gasteiger partial charge in [0.25, 0.3) is 0 Å². The van der Waals surface area contributed by atoms with Crippen molar-refractivity contribution in [3.8, 4) is 16.3 Å². The van der Waals surface area contributed by atoms with Crippen LogP contribution in [0.5, 0.6) is 5.75 Å². The zero-order valence-electron chi connectivity index (χ0n) is 11.5. The number of hydrogen-bond donors (Lipinski definition) is 1. The highest BCUT2D eigenvalue weighted by atomic mass is 32.1. The molecule has 0 aliphatic rings. The van der Waals surface area contributed by atoms with Crippen LogP contribution in [0.4, 0.5) is 0 Å². The van der Waals surface area contributed by atoms with E-state index in [4.69, 9.17) is 10.5 Å². The van der Waals surface area contributed by atoms with Gasteiger partial charge in [-0.25, -0.2) is 4.98 Å². The Morgan fingerprint density at radius 3 is 2.81 bits per heavy atom. The van der Waals surface area contributed by atoms with Crippen LogP contribution in [-0.4, -0.2) is 18.0 Å². The first kappa shape index (κ1) is 13.6. The number of fused-ring (bicyclic) bond motifs is 1. The molecule has 1 heterocycles. The molecule has 1 amide bonds. The molecule has 5 heteroatoms. The number of para-hydroxylation sites is 1. The molecule has 4 nitrogen and oxygen atoms in total. The monoisotopic (exact) mass is 298 g/mol. The van der Waals surface area contributed by atoms with Crippen LogP contribution in [0, 0.1) is 0 Å². The lowest BCUT2D eigenvalue weighted by Gasteiger charge is -2.08. The number of aromatic nitrogens is 1. The van der Waals surface area contributed by atoms with Crippen molar-refractivity contribution < 1.29 is 9.53 Å². The summed E-state index contributed by atoms with van der Waals surface area (Å²) in [6.45, 7) is 0. The smallest absolute Gasteiger partial charge is 0.221 e. The predicted octanol–water partition coefficient (Wildman–Crippen LogP) is 3.00. The van der Waals surface area contributed by atoms with E-state index in [2.05, 4.69) is 4.98 Å². The molecule has 0 aliphatic carbocycles. The summed E-state index contributed by atoms with van der Waals surface area (Å²) in [6, 6.07) is 13.7. The third-order valence-electron chi connectivity index (χ3n) is 3.19. The standard InChI is InChI=1S/C16H14N2O2S/c1-20-13-7-6-10(8-11(13)9-15(17)19)16-18-12-4-2-3-5-14(12)21-16/h2-8H,9H2,1H3,(H2,17,19). The second-order valence-corrected chi connectivity index (χ2v) is 5.69. The van der Waals surface area contributed by atoms with Crippen LogP contribution in [0.1, 0.15) is 5.56 Å². The fourth-order valence-electron chi connectivity index (χ4n) is 2.23. The highest BCUT2D eigenvalue weighted by Crippen LogP contribution is 2.32. The minimum Gasteiger partial charge on any atom is -0.496 e. The third-order valence-corrected chi connectivity index (χ3v) is 4.27. The fraction of sp³-hybridized carbons (Fsp3) is 0.125. The normalized spacial score (nSPS) is 10.7. The molecule has 0 spiro atoms. The van der Waals surface area contributed by atoms with E-state index in [0.717, 1.165) is 26.4 Å². The molecule has 1 aromatic heterocycles. The van der Waals surface area contributed by atoms with Gasteiger partial charge in [0.15, 0.2) is 0 Å². The molecule has 3 aromatic rings. The first-order valence-corrected chi connectivity index (χ1v) is 7.30. The van der Waals surface area contributed by atoms with Gasteiger partial charge in [-0.1, -0.05) is 12.1 Å². The van der Waals surface area contributed by atoms with Gasteiger partial charge in [0.05, 0.1) is 23.7 Å². The zero-order chi connectivity index (χ0) is 14.8. The van der Waals surface area contributed by atoms with E-state index in [-0.39, 0.29) is 12.3 Å². The minimum absolute atomic E-state index is 0.155. The summed E-state index contributed by atoms with van der Waals surface area (Å²) >= 11 is 1.62. The van der Waals surface area contributed by atoms with Gasteiger partial charge in [0.1, 0.15) is 10.8 Å². The molecule has 21 heavy (non-hydrogen) atoms. The van der Waals surface area contributed by atoms with Crippen LogP contribution < -0.4 is 10.5 Å². The molecular weight excluding hydrogens is 284 g/mol. The average molecular weight is 298 g/mol. The van der Waals surface area contributed by atoms with Gasteiger partial charge in [-0.2, -0.15) is 0 Å². The number of rotatable bonds is 4. The van der Waals surface area contributed by atoms with E-state index in [9.17, 15) is 4.79 Å². The van der Waals surface area contributed by atoms with Crippen molar-refractivity contribution in [1.29, 1.82) is 0 Å². The Morgan fingerprint density at radius 2 is 2.10 bits per heavy atom. The Kier molecular flexibility index (Phi) is 3.58. The molecule has 0 fully saturated rings. The van der Waals surface area contributed by atoms with Crippen molar-refractivity contribution in [1.82, 2.24) is 4.98 Å². The summed E-state index contributed by atoms with van der Waals surface area (Å²) in [6.07, 6.45) is 0.155. The number of primary amides is 1. The second-order valence-electron chi connectivity index (χ2n) is 4.66. The van der Waals surface area contributed by atoms with Crippen molar-refractivity contribution in [2.24, 2.45) is 5.73 Å². The third kappa shape index (κ3) is 2.73. The van der Waals surface area contributed by atoms with E-state index in [0.29, 0.717) is 5.75 Å². The summed E-state index contributed by atoms with van der Waals surface area (Å²) in [5, 5.41) is 0.921. The number of carbonyl (C=O) groups is 1. The first-order valence-electron chi connectivity index (χ1n) is 6.48. The van der Waals surface area contributed by atoms with Crippen molar-refractivity contribution in [2.75, 3.05) is 7.11 Å². The lowest BCUT2D eigenvalue weighted by atomic mass is 10.1. The van der Waals surface area contributed by atoms with Gasteiger partial charge >= 0.3 is 0 Å². The highest BCUT2D eigenvalue weighted by Gasteiger charge is 2.11. The second kappa shape index (κ2) is 5.54. The Balaban J connectivity index is 2.07. The Labute approximate surface area is 126 Å². The van der Waals surface area contributed by atoms with E-state index >= 15 is 0 Å². The van der Waals surface area contributed by atoms with Crippen LogP contribution in [0.2, 0.25) is 0 Å². The van der Waals surface area contributed by atoms with Crippen molar-refractivity contribution in [2.45, 2.75) is 6.42 Å². The lowest BCUT2D eigenvalue weighted by Crippen LogP contribution is -2.14. The van der Waals surface area contributed by atoms with Crippen LogP contribution >= 0.6 is 11.3 Å². The average Bonchev–Trinajstić information content (AvgIpc) is 2.90.